The van der Waals surface area contributed by atoms with E-state index >= 15 is 0 Å². The summed E-state index contributed by atoms with van der Waals surface area (Å²) in [5, 5.41) is 0. The molecule has 0 radical (unpaired) electrons. The Balaban J connectivity index is 2.07. The Morgan fingerprint density at radius 1 is 0.472 bits per heavy atom. The molecule has 0 bridgehead atoms. The first-order chi connectivity index (χ1) is 17.2. The zero-order valence-corrected chi connectivity index (χ0v) is 19.8. The molecule has 0 aliphatic rings. The van der Waals surface area contributed by atoms with Gasteiger partial charge >= 0.3 is 35.8 Å². The van der Waals surface area contributed by atoms with E-state index in [1.54, 1.807) is 0 Å². The predicted molar refractivity (Wildman–Crippen MR) is 119 cm³/mol. The van der Waals surface area contributed by atoms with E-state index in [4.69, 9.17) is 9.47 Å². The minimum atomic E-state index is -0.905. The molecule has 0 aliphatic heterocycles. The van der Waals surface area contributed by atoms with Crippen molar-refractivity contribution in [1.82, 2.24) is 0 Å². The molecule has 2 aromatic rings. The number of methoxy groups -OCH3 is 4. The molecule has 0 unspecified atom stereocenters. The van der Waals surface area contributed by atoms with Crippen molar-refractivity contribution in [3.8, 4) is 0 Å². The van der Waals surface area contributed by atoms with Gasteiger partial charge in [-0.15, -0.1) is 0 Å². The van der Waals surface area contributed by atoms with Crippen LogP contribution in [0, 0.1) is 0 Å². The summed E-state index contributed by atoms with van der Waals surface area (Å²) in [6.45, 7) is -0.734. The highest BCUT2D eigenvalue weighted by Crippen LogP contribution is 2.17. The largest absolute Gasteiger partial charge is 0.465 e. The summed E-state index contributed by atoms with van der Waals surface area (Å²) in [5.41, 5.74) is -0.646. The summed E-state index contributed by atoms with van der Waals surface area (Å²) in [5.74, 6) is -5.00. The molecule has 0 heterocycles. The van der Waals surface area contributed by atoms with Gasteiger partial charge in [-0.05, 0) is 36.4 Å². The van der Waals surface area contributed by atoms with Gasteiger partial charge < -0.3 is 28.4 Å². The van der Waals surface area contributed by atoms with Crippen LogP contribution in [0.15, 0.2) is 36.4 Å². The van der Waals surface area contributed by atoms with Gasteiger partial charge in [0.25, 0.3) is 0 Å². The fourth-order valence-electron chi connectivity index (χ4n) is 2.89. The van der Waals surface area contributed by atoms with Crippen LogP contribution in [0.5, 0.6) is 0 Å². The van der Waals surface area contributed by atoms with Crippen LogP contribution in [0.4, 0.5) is 0 Å². The lowest BCUT2D eigenvalue weighted by molar-refractivity contribution is 0.0265. The second-order valence-electron chi connectivity index (χ2n) is 6.80. The van der Waals surface area contributed by atoms with E-state index in [0.29, 0.717) is 0 Å². The third-order valence-corrected chi connectivity index (χ3v) is 4.63. The number of carbonyl (C=O) groups excluding carboxylic acids is 6. The van der Waals surface area contributed by atoms with E-state index < -0.39 is 35.8 Å². The molecule has 12 heteroatoms. The summed E-state index contributed by atoms with van der Waals surface area (Å²) in [7, 11) is 4.51. The van der Waals surface area contributed by atoms with Gasteiger partial charge in [0.05, 0.1) is 61.8 Å². The molecule has 0 saturated heterocycles. The van der Waals surface area contributed by atoms with Crippen LogP contribution in [0.2, 0.25) is 0 Å². The summed E-state index contributed by atoms with van der Waals surface area (Å²) >= 11 is 0. The van der Waals surface area contributed by atoms with Crippen molar-refractivity contribution in [1.29, 1.82) is 0 Å². The Bertz CT molecular complexity index is 1160. The molecule has 2 rings (SSSR count). The van der Waals surface area contributed by atoms with Gasteiger partial charge in [-0.1, -0.05) is 0 Å². The number of ether oxygens (including phenoxy) is 6. The van der Waals surface area contributed by atoms with Crippen molar-refractivity contribution in [2.45, 2.75) is 0 Å². The minimum absolute atomic E-state index is 0.0668. The van der Waals surface area contributed by atoms with E-state index in [1.165, 1.54) is 30.3 Å². The van der Waals surface area contributed by atoms with Gasteiger partial charge in [0.1, 0.15) is 13.2 Å². The molecule has 190 valence electrons. The van der Waals surface area contributed by atoms with Gasteiger partial charge in [0.2, 0.25) is 0 Å². The number of hydrogen-bond donors (Lipinski definition) is 0. The number of hydrogen-bond acceptors (Lipinski definition) is 12. The minimum Gasteiger partial charge on any atom is -0.465 e. The Hall–Kier alpha value is -4.74. The van der Waals surface area contributed by atoms with Crippen LogP contribution >= 0.6 is 0 Å². The molecule has 12 nitrogen and oxygen atoms in total. The second kappa shape index (κ2) is 12.6. The lowest BCUT2D eigenvalue weighted by atomic mass is 10.0. The van der Waals surface area contributed by atoms with Crippen molar-refractivity contribution >= 4 is 35.8 Å². The molecule has 0 aliphatic carbocycles. The second-order valence-corrected chi connectivity index (χ2v) is 6.80. The zero-order valence-electron chi connectivity index (χ0n) is 19.8. The van der Waals surface area contributed by atoms with Gasteiger partial charge in [0, 0.05) is 0 Å². The van der Waals surface area contributed by atoms with Crippen molar-refractivity contribution in [2.75, 3.05) is 41.7 Å². The Morgan fingerprint density at radius 3 is 1.31 bits per heavy atom. The first-order valence-electron chi connectivity index (χ1n) is 10.1. The van der Waals surface area contributed by atoms with Gasteiger partial charge in [-0.3, -0.25) is 0 Å². The number of esters is 6. The molecule has 0 amide bonds. The van der Waals surface area contributed by atoms with Gasteiger partial charge in [-0.2, -0.15) is 0 Å². The van der Waals surface area contributed by atoms with Gasteiger partial charge in [0.15, 0.2) is 0 Å². The van der Waals surface area contributed by atoms with Crippen LogP contribution in [0.3, 0.4) is 0 Å². The summed E-state index contributed by atoms with van der Waals surface area (Å²) in [4.78, 5) is 72.2. The lowest BCUT2D eigenvalue weighted by Gasteiger charge is -2.10. The molecule has 2 aromatic carbocycles. The summed E-state index contributed by atoms with van der Waals surface area (Å²) < 4.78 is 28.5. The molecule has 36 heavy (non-hydrogen) atoms. The lowest BCUT2D eigenvalue weighted by Crippen LogP contribution is -2.17. The van der Waals surface area contributed by atoms with Crippen molar-refractivity contribution in [3.05, 3.63) is 69.8 Å². The van der Waals surface area contributed by atoms with E-state index in [-0.39, 0.29) is 46.6 Å². The molecular formula is C24H22O12. The number of rotatable bonds is 9. The highest BCUT2D eigenvalue weighted by molar-refractivity contribution is 6.05. The molecule has 0 fully saturated rings. The molecule has 0 aromatic heterocycles. The van der Waals surface area contributed by atoms with Crippen LogP contribution in [0.25, 0.3) is 0 Å². The SMILES string of the molecule is COC(=O)c1cc(C(=O)OC)cc(C(=O)OCCOC(=O)c2ccc(C(=O)OC)c(C(=O)OC)c2)c1. The third kappa shape index (κ3) is 6.65. The monoisotopic (exact) mass is 502 g/mol. The van der Waals surface area contributed by atoms with E-state index in [9.17, 15) is 28.8 Å². The van der Waals surface area contributed by atoms with Crippen LogP contribution in [-0.2, 0) is 28.4 Å². The maximum atomic E-state index is 12.4. The number of benzene rings is 2. The Kier molecular flexibility index (Phi) is 9.66. The maximum Gasteiger partial charge on any atom is 0.338 e. The van der Waals surface area contributed by atoms with Crippen molar-refractivity contribution in [2.24, 2.45) is 0 Å². The molecular weight excluding hydrogens is 480 g/mol. The quantitative estimate of drug-likeness (QED) is 0.279. The van der Waals surface area contributed by atoms with Crippen LogP contribution in [0.1, 0.15) is 62.1 Å². The fraction of sp³-hybridized carbons (Fsp3) is 0.250. The Morgan fingerprint density at radius 2 is 0.861 bits per heavy atom. The van der Waals surface area contributed by atoms with Crippen molar-refractivity contribution in [3.63, 3.8) is 0 Å². The standard InChI is InChI=1S/C24H22O12/c1-31-19(25)14-9-15(20(26)32-2)11-16(10-14)22(28)36-8-7-35-21(27)13-5-6-17(23(29)33-3)18(12-13)24(30)34-4/h5-6,9-12H,7-8H2,1-4H3. The normalized spacial score (nSPS) is 10.0. The summed E-state index contributed by atoms with van der Waals surface area (Å²) in [6.07, 6.45) is 0. The maximum absolute atomic E-state index is 12.4. The highest BCUT2D eigenvalue weighted by atomic mass is 16.6. The topological polar surface area (TPSA) is 158 Å². The third-order valence-electron chi connectivity index (χ3n) is 4.63. The van der Waals surface area contributed by atoms with E-state index in [2.05, 4.69) is 18.9 Å². The van der Waals surface area contributed by atoms with Gasteiger partial charge in [-0.25, -0.2) is 28.8 Å². The average molecular weight is 502 g/mol. The number of carbonyl (C=O) groups is 6. The highest BCUT2D eigenvalue weighted by Gasteiger charge is 2.22. The Labute approximate surface area is 205 Å². The first kappa shape index (κ1) is 27.5. The zero-order chi connectivity index (χ0) is 26.8. The molecule has 0 atom stereocenters. The smallest absolute Gasteiger partial charge is 0.338 e. The predicted octanol–water partition coefficient (Wildman–Crippen LogP) is 1.85. The molecule has 0 saturated carbocycles. The van der Waals surface area contributed by atoms with E-state index in [1.807, 2.05) is 0 Å². The summed E-state index contributed by atoms with van der Waals surface area (Å²) in [6, 6.07) is 7.11. The van der Waals surface area contributed by atoms with E-state index in [0.717, 1.165) is 34.5 Å². The van der Waals surface area contributed by atoms with Crippen LogP contribution < -0.4 is 0 Å². The van der Waals surface area contributed by atoms with Crippen LogP contribution in [-0.4, -0.2) is 77.5 Å². The molecule has 0 N–H and O–H groups in total. The first-order valence-corrected chi connectivity index (χ1v) is 10.1. The van der Waals surface area contributed by atoms with Crippen molar-refractivity contribution < 1.29 is 57.2 Å². The molecule has 0 spiro atoms. The average Bonchev–Trinajstić information content (AvgIpc) is 2.92. The fourth-order valence-corrected chi connectivity index (χ4v) is 2.89.